The summed E-state index contributed by atoms with van der Waals surface area (Å²) in [4.78, 5) is 13.4. The molecule has 3 aromatic heterocycles. The number of nitrogens with one attached hydrogen (secondary N) is 1. The van der Waals surface area contributed by atoms with Crippen molar-refractivity contribution in [2.45, 2.75) is 44.9 Å². The molecule has 1 saturated heterocycles. The molecule has 0 aliphatic carbocycles. The lowest BCUT2D eigenvalue weighted by Crippen LogP contribution is -2.35. The van der Waals surface area contributed by atoms with Crippen LogP contribution in [0.2, 0.25) is 0 Å². The largest absolute Gasteiger partial charge is 0.434 e. The lowest BCUT2D eigenvalue weighted by molar-refractivity contribution is 0.383. The normalized spacial score (nSPS) is 18.8. The van der Waals surface area contributed by atoms with E-state index in [0.29, 0.717) is 12.4 Å². The van der Waals surface area contributed by atoms with Gasteiger partial charge in [-0.05, 0) is 25.0 Å². The summed E-state index contributed by atoms with van der Waals surface area (Å²) in [6, 6.07) is 3.89. The molecule has 1 aliphatic heterocycles. The highest BCUT2D eigenvalue weighted by Gasteiger charge is 2.27. The molecule has 3 aromatic rings. The lowest BCUT2D eigenvalue weighted by Gasteiger charge is -2.31. The number of rotatable bonds is 2. The summed E-state index contributed by atoms with van der Waals surface area (Å²) in [5, 5.41) is 19.6. The van der Waals surface area contributed by atoms with Crippen LogP contribution in [0.3, 0.4) is 0 Å². The quantitative estimate of drug-likeness (QED) is 0.751. The van der Waals surface area contributed by atoms with Gasteiger partial charge in [-0.1, -0.05) is 20.8 Å². The van der Waals surface area contributed by atoms with Gasteiger partial charge >= 0.3 is 5.76 Å². The topological polar surface area (TPSA) is 105 Å². The predicted octanol–water partition coefficient (Wildman–Crippen LogP) is 1.48. The standard InChI is InChI=1S/C16H21N7O2/c1-16(2,3)14-19-17-11-6-7-12(21-23(11)14)22-8-4-5-10(9-22)13-18-20-15(24)25-13/h6-7,10H,4-5,8-9H2,1-3H3,(H,20,24). The minimum Gasteiger partial charge on any atom is -0.392 e. The van der Waals surface area contributed by atoms with Crippen LogP contribution in [-0.4, -0.2) is 43.1 Å². The molecule has 9 nitrogen and oxygen atoms in total. The third-order valence-electron chi connectivity index (χ3n) is 4.47. The summed E-state index contributed by atoms with van der Waals surface area (Å²) in [6.45, 7) is 7.88. The van der Waals surface area contributed by atoms with Crippen LogP contribution in [0.15, 0.2) is 21.3 Å². The van der Waals surface area contributed by atoms with Crippen molar-refractivity contribution in [3.8, 4) is 0 Å². The maximum Gasteiger partial charge on any atom is 0.434 e. The van der Waals surface area contributed by atoms with Crippen molar-refractivity contribution in [1.82, 2.24) is 30.0 Å². The van der Waals surface area contributed by atoms with Crippen LogP contribution in [0, 0.1) is 0 Å². The molecule has 132 valence electrons. The monoisotopic (exact) mass is 343 g/mol. The average Bonchev–Trinajstić information content (AvgIpc) is 3.20. The zero-order valence-corrected chi connectivity index (χ0v) is 14.6. The fraction of sp³-hybridized carbons (Fsp3) is 0.562. The second-order valence-corrected chi connectivity index (χ2v) is 7.47. The van der Waals surface area contributed by atoms with Gasteiger partial charge in [0.05, 0.1) is 5.92 Å². The van der Waals surface area contributed by atoms with E-state index in [4.69, 9.17) is 9.52 Å². The van der Waals surface area contributed by atoms with E-state index in [2.05, 4.69) is 46.1 Å². The zero-order chi connectivity index (χ0) is 17.6. The molecule has 0 saturated carbocycles. The second-order valence-electron chi connectivity index (χ2n) is 7.47. The summed E-state index contributed by atoms with van der Waals surface area (Å²) in [5.41, 5.74) is 0.592. The molecule has 0 bridgehead atoms. The molecule has 1 unspecified atom stereocenters. The molecule has 1 fully saturated rings. The number of piperidine rings is 1. The van der Waals surface area contributed by atoms with Crippen molar-refractivity contribution in [2.24, 2.45) is 0 Å². The molecule has 4 rings (SSSR count). The van der Waals surface area contributed by atoms with Gasteiger partial charge in [-0.25, -0.2) is 9.89 Å². The minimum absolute atomic E-state index is 0.0770. The number of aromatic amines is 1. The molecule has 4 heterocycles. The Kier molecular flexibility index (Phi) is 3.59. The number of H-pyrrole nitrogens is 1. The smallest absolute Gasteiger partial charge is 0.392 e. The van der Waals surface area contributed by atoms with E-state index >= 15 is 0 Å². The van der Waals surface area contributed by atoms with Crippen molar-refractivity contribution in [2.75, 3.05) is 18.0 Å². The zero-order valence-electron chi connectivity index (χ0n) is 14.6. The highest BCUT2D eigenvalue weighted by Crippen LogP contribution is 2.28. The van der Waals surface area contributed by atoms with Gasteiger partial charge in [0.25, 0.3) is 0 Å². The number of nitrogens with zero attached hydrogens (tertiary/aromatic N) is 6. The van der Waals surface area contributed by atoms with E-state index in [9.17, 15) is 4.79 Å². The Hall–Kier alpha value is -2.71. The second kappa shape index (κ2) is 5.68. The van der Waals surface area contributed by atoms with Crippen molar-refractivity contribution < 1.29 is 4.42 Å². The van der Waals surface area contributed by atoms with E-state index in [1.807, 2.05) is 16.6 Å². The van der Waals surface area contributed by atoms with Gasteiger partial charge in [0.1, 0.15) is 5.82 Å². The number of anilines is 1. The van der Waals surface area contributed by atoms with E-state index in [1.165, 1.54) is 0 Å². The minimum atomic E-state index is -0.508. The van der Waals surface area contributed by atoms with E-state index in [0.717, 1.165) is 36.7 Å². The lowest BCUT2D eigenvalue weighted by atomic mass is 9.96. The van der Waals surface area contributed by atoms with Crippen LogP contribution in [0.1, 0.15) is 51.2 Å². The summed E-state index contributed by atoms with van der Waals surface area (Å²) in [5.74, 6) is 1.73. The molecule has 9 heteroatoms. The summed E-state index contributed by atoms with van der Waals surface area (Å²) in [6.07, 6.45) is 1.92. The molecule has 25 heavy (non-hydrogen) atoms. The maximum absolute atomic E-state index is 11.2. The van der Waals surface area contributed by atoms with Crippen LogP contribution in [0.4, 0.5) is 5.82 Å². The van der Waals surface area contributed by atoms with E-state index < -0.39 is 5.76 Å². The first kappa shape index (κ1) is 15.8. The van der Waals surface area contributed by atoms with Gasteiger partial charge in [0.15, 0.2) is 11.5 Å². The van der Waals surface area contributed by atoms with E-state index in [1.54, 1.807) is 0 Å². The van der Waals surface area contributed by atoms with Crippen LogP contribution < -0.4 is 10.7 Å². The third-order valence-corrected chi connectivity index (χ3v) is 4.47. The molecular formula is C16H21N7O2. The predicted molar refractivity (Wildman–Crippen MR) is 90.8 cm³/mol. The molecule has 1 aliphatic rings. The molecule has 0 aromatic carbocycles. The van der Waals surface area contributed by atoms with Crippen LogP contribution in [0.5, 0.6) is 0 Å². The highest BCUT2D eigenvalue weighted by atomic mass is 16.4. The molecule has 1 atom stereocenters. The van der Waals surface area contributed by atoms with Crippen molar-refractivity contribution in [3.63, 3.8) is 0 Å². The van der Waals surface area contributed by atoms with Crippen LogP contribution in [0.25, 0.3) is 5.65 Å². The first-order chi connectivity index (χ1) is 11.9. The van der Waals surface area contributed by atoms with E-state index in [-0.39, 0.29) is 11.3 Å². The Bertz CT molecular complexity index is 949. The van der Waals surface area contributed by atoms with Crippen LogP contribution in [-0.2, 0) is 5.41 Å². The fourth-order valence-corrected chi connectivity index (χ4v) is 3.22. The number of hydrogen-bond donors (Lipinski definition) is 1. The Balaban J connectivity index is 1.65. The van der Waals surface area contributed by atoms with Gasteiger partial charge < -0.3 is 9.32 Å². The highest BCUT2D eigenvalue weighted by molar-refractivity contribution is 5.46. The molecule has 0 radical (unpaired) electrons. The Morgan fingerprint density at radius 1 is 1.28 bits per heavy atom. The van der Waals surface area contributed by atoms with Crippen molar-refractivity contribution in [1.29, 1.82) is 0 Å². The van der Waals surface area contributed by atoms with Gasteiger partial charge in [0, 0.05) is 18.5 Å². The number of hydrogen-bond acceptors (Lipinski definition) is 7. The van der Waals surface area contributed by atoms with Gasteiger partial charge in [-0.3, -0.25) is 0 Å². The fourth-order valence-electron chi connectivity index (χ4n) is 3.22. The Labute approximate surface area is 144 Å². The summed E-state index contributed by atoms with van der Waals surface area (Å²) >= 11 is 0. The summed E-state index contributed by atoms with van der Waals surface area (Å²) < 4.78 is 6.95. The Morgan fingerprint density at radius 3 is 2.84 bits per heavy atom. The third kappa shape index (κ3) is 2.90. The average molecular weight is 343 g/mol. The molecule has 0 amide bonds. The molecule has 1 N–H and O–H groups in total. The summed E-state index contributed by atoms with van der Waals surface area (Å²) in [7, 11) is 0. The van der Waals surface area contributed by atoms with Crippen molar-refractivity contribution in [3.05, 3.63) is 34.4 Å². The first-order valence-corrected chi connectivity index (χ1v) is 8.45. The number of fused-ring (bicyclic) bond motifs is 1. The van der Waals surface area contributed by atoms with Crippen LogP contribution >= 0.6 is 0 Å². The Morgan fingerprint density at radius 2 is 2.12 bits per heavy atom. The van der Waals surface area contributed by atoms with Gasteiger partial charge in [-0.2, -0.15) is 4.52 Å². The van der Waals surface area contributed by atoms with Gasteiger partial charge in [0.2, 0.25) is 5.89 Å². The number of aromatic nitrogens is 6. The molecular weight excluding hydrogens is 322 g/mol. The SMILES string of the molecule is CC(C)(C)c1nnc2ccc(N3CCCC(c4n[nH]c(=O)o4)C3)nn12. The van der Waals surface area contributed by atoms with Crippen molar-refractivity contribution >= 4 is 11.5 Å². The maximum atomic E-state index is 11.2. The first-order valence-electron chi connectivity index (χ1n) is 8.45. The molecule has 0 spiro atoms. The van der Waals surface area contributed by atoms with Gasteiger partial charge in [-0.15, -0.1) is 20.4 Å².